The molecule has 0 unspecified atom stereocenters. The van der Waals surface area contributed by atoms with Crippen LogP contribution in [0.3, 0.4) is 0 Å². The van der Waals surface area contributed by atoms with Crippen molar-refractivity contribution in [2.75, 3.05) is 0 Å². The van der Waals surface area contributed by atoms with Gasteiger partial charge >= 0.3 is 0 Å². The molecule has 0 saturated heterocycles. The van der Waals surface area contributed by atoms with Crippen molar-refractivity contribution in [3.63, 3.8) is 0 Å². The van der Waals surface area contributed by atoms with E-state index >= 15 is 0 Å². The van der Waals surface area contributed by atoms with Gasteiger partial charge in [-0.2, -0.15) is 0 Å². The molecule has 4 rings (SSSR count). The van der Waals surface area contributed by atoms with Gasteiger partial charge in [0.1, 0.15) is 0 Å². The number of rotatable bonds is 2. The molecule has 0 saturated carbocycles. The molecule has 100 valence electrons. The fourth-order valence-electron chi connectivity index (χ4n) is 3.44. The number of halogens is 2. The molecule has 0 radical (unpaired) electrons. The van der Waals surface area contributed by atoms with Crippen LogP contribution in [0.5, 0.6) is 0 Å². The van der Waals surface area contributed by atoms with E-state index in [2.05, 4.69) is 36.4 Å². The van der Waals surface area contributed by atoms with E-state index in [-0.39, 0.29) is 0 Å². The number of hydrogen-bond acceptors (Lipinski definition) is 0. The summed E-state index contributed by atoms with van der Waals surface area (Å²) in [6.07, 6.45) is 6.62. The Morgan fingerprint density at radius 3 is 1.55 bits per heavy atom. The summed E-state index contributed by atoms with van der Waals surface area (Å²) >= 11 is 12.0. The van der Waals surface area contributed by atoms with Crippen molar-refractivity contribution in [2.24, 2.45) is 0 Å². The van der Waals surface area contributed by atoms with E-state index in [9.17, 15) is 0 Å². The molecule has 2 aliphatic rings. The van der Waals surface area contributed by atoms with Gasteiger partial charge in [-0.25, -0.2) is 0 Å². The molecule has 2 heteroatoms. The summed E-state index contributed by atoms with van der Waals surface area (Å²) in [7, 11) is 0. The molecule has 0 nitrogen and oxygen atoms in total. The van der Waals surface area contributed by atoms with Gasteiger partial charge in [-0.15, -0.1) is 23.2 Å². The molecule has 0 bridgehead atoms. The minimum atomic E-state index is 0.582. The first-order chi connectivity index (χ1) is 9.80. The predicted octanol–water partition coefficient (Wildman–Crippen LogP) is 3.12. The van der Waals surface area contributed by atoms with E-state index < -0.39 is 0 Å². The highest BCUT2D eigenvalue weighted by molar-refractivity contribution is 6.17. The summed E-state index contributed by atoms with van der Waals surface area (Å²) in [5, 5.41) is 5.52. The molecule has 2 aliphatic carbocycles. The normalized spacial score (nSPS) is 14.3. The Labute approximate surface area is 127 Å². The zero-order valence-corrected chi connectivity index (χ0v) is 12.6. The summed E-state index contributed by atoms with van der Waals surface area (Å²) in [5.74, 6) is 1.16. The maximum atomic E-state index is 6.01. The topological polar surface area (TPSA) is 0 Å². The summed E-state index contributed by atoms with van der Waals surface area (Å²) in [5.41, 5.74) is 5.24. The highest BCUT2D eigenvalue weighted by atomic mass is 35.5. The lowest BCUT2D eigenvalue weighted by Gasteiger charge is -2.16. The lowest BCUT2D eigenvalue weighted by Crippen LogP contribution is -2.22. The Bertz CT molecular complexity index is 846. The second-order valence-electron chi connectivity index (χ2n) is 5.52. The van der Waals surface area contributed by atoms with E-state index in [1.165, 1.54) is 43.1 Å². The second-order valence-corrected chi connectivity index (χ2v) is 6.06. The summed E-state index contributed by atoms with van der Waals surface area (Å²) in [6.45, 7) is 0. The molecule has 0 aromatic heterocycles. The highest BCUT2D eigenvalue weighted by Crippen LogP contribution is 2.17. The van der Waals surface area contributed by atoms with Crippen LogP contribution in [0.15, 0.2) is 24.3 Å². The van der Waals surface area contributed by atoms with Gasteiger partial charge in [-0.05, 0) is 56.0 Å². The summed E-state index contributed by atoms with van der Waals surface area (Å²) < 4.78 is 0. The van der Waals surface area contributed by atoms with Crippen LogP contribution in [0.1, 0.15) is 22.3 Å². The molecular formula is C18H14Cl2. The standard InChI is InChI=1S/C18H14Cl2/c19-9-11-5-13-1-2-14-6-12(10-20)8-16-4-3-15(7-11)17(13)18(14)16/h1,4-8H,2-3,9-10H2. The first kappa shape index (κ1) is 12.5. The molecule has 2 aromatic rings. The molecule has 0 spiro atoms. The molecule has 2 aromatic carbocycles. The maximum absolute atomic E-state index is 6.01. The van der Waals surface area contributed by atoms with Crippen LogP contribution in [0, 0.1) is 10.4 Å². The average molecular weight is 301 g/mol. The zero-order chi connectivity index (χ0) is 13.7. The summed E-state index contributed by atoms with van der Waals surface area (Å²) in [4.78, 5) is 0. The third-order valence-corrected chi connectivity index (χ3v) is 4.88. The SMILES string of the molecule is ClCc1cc2c3c(c1)=CCc1cc(CCl)cc(c1=3)=CC2. The van der Waals surface area contributed by atoms with Crippen molar-refractivity contribution in [1.29, 1.82) is 0 Å². The Kier molecular flexibility index (Phi) is 2.90. The monoisotopic (exact) mass is 300 g/mol. The van der Waals surface area contributed by atoms with E-state index in [4.69, 9.17) is 23.2 Å². The van der Waals surface area contributed by atoms with Gasteiger partial charge < -0.3 is 0 Å². The van der Waals surface area contributed by atoms with Gasteiger partial charge in [0.15, 0.2) is 0 Å². The van der Waals surface area contributed by atoms with Gasteiger partial charge in [0.05, 0.1) is 0 Å². The lowest BCUT2D eigenvalue weighted by molar-refractivity contribution is 1.11. The first-order valence-electron chi connectivity index (χ1n) is 6.90. The molecule has 0 atom stereocenters. The van der Waals surface area contributed by atoms with E-state index in [1.807, 2.05) is 0 Å². The Hall–Kier alpha value is -1.24. The minimum Gasteiger partial charge on any atom is -0.122 e. The Balaban J connectivity index is 2.25. The number of alkyl halides is 2. The van der Waals surface area contributed by atoms with Crippen molar-refractivity contribution in [3.8, 4) is 0 Å². The van der Waals surface area contributed by atoms with Gasteiger partial charge in [-0.1, -0.05) is 36.4 Å². The lowest BCUT2D eigenvalue weighted by atomic mass is 9.89. The zero-order valence-electron chi connectivity index (χ0n) is 11.0. The van der Waals surface area contributed by atoms with Crippen LogP contribution in [0.25, 0.3) is 12.2 Å². The molecule has 0 N–H and O–H groups in total. The number of hydrogen-bond donors (Lipinski definition) is 0. The maximum Gasteiger partial charge on any atom is 0.0474 e. The molecule has 0 amide bonds. The molecular weight excluding hydrogens is 287 g/mol. The third-order valence-electron chi connectivity index (χ3n) is 4.26. The fraction of sp³-hybridized carbons (Fsp3) is 0.222. The van der Waals surface area contributed by atoms with E-state index in [1.54, 1.807) is 0 Å². The van der Waals surface area contributed by atoms with Crippen molar-refractivity contribution in [1.82, 2.24) is 0 Å². The van der Waals surface area contributed by atoms with Gasteiger partial charge in [0.25, 0.3) is 0 Å². The van der Waals surface area contributed by atoms with Gasteiger partial charge in [-0.3, -0.25) is 0 Å². The average Bonchev–Trinajstić information content (AvgIpc) is 2.51. The predicted molar refractivity (Wildman–Crippen MR) is 85.3 cm³/mol. The van der Waals surface area contributed by atoms with E-state index in [0.717, 1.165) is 12.8 Å². The summed E-state index contributed by atoms with van der Waals surface area (Å²) in [6, 6.07) is 8.98. The third kappa shape index (κ3) is 1.75. The second kappa shape index (κ2) is 4.65. The number of benzene rings is 2. The van der Waals surface area contributed by atoms with E-state index in [0.29, 0.717) is 11.8 Å². The molecule has 0 heterocycles. The van der Waals surface area contributed by atoms with Crippen LogP contribution in [0.4, 0.5) is 0 Å². The molecule has 20 heavy (non-hydrogen) atoms. The van der Waals surface area contributed by atoms with Crippen LogP contribution in [-0.4, -0.2) is 0 Å². The van der Waals surface area contributed by atoms with Crippen LogP contribution in [0.2, 0.25) is 0 Å². The minimum absolute atomic E-state index is 0.582. The van der Waals surface area contributed by atoms with Crippen LogP contribution >= 0.6 is 23.2 Å². The fourth-order valence-corrected chi connectivity index (χ4v) is 3.75. The van der Waals surface area contributed by atoms with Crippen LogP contribution in [-0.2, 0) is 24.6 Å². The first-order valence-corrected chi connectivity index (χ1v) is 7.97. The van der Waals surface area contributed by atoms with Crippen molar-refractivity contribution < 1.29 is 0 Å². The molecule has 0 fully saturated rings. The van der Waals surface area contributed by atoms with Crippen molar-refractivity contribution >= 4 is 35.4 Å². The smallest absolute Gasteiger partial charge is 0.0474 e. The van der Waals surface area contributed by atoms with Gasteiger partial charge in [0.2, 0.25) is 0 Å². The largest absolute Gasteiger partial charge is 0.122 e. The Morgan fingerprint density at radius 1 is 0.700 bits per heavy atom. The Morgan fingerprint density at radius 2 is 1.15 bits per heavy atom. The van der Waals surface area contributed by atoms with Crippen molar-refractivity contribution in [3.05, 3.63) is 67.4 Å². The molecule has 0 aliphatic heterocycles. The van der Waals surface area contributed by atoms with Crippen molar-refractivity contribution in [2.45, 2.75) is 24.6 Å². The quantitative estimate of drug-likeness (QED) is 0.748. The van der Waals surface area contributed by atoms with Gasteiger partial charge in [0, 0.05) is 11.8 Å². The van der Waals surface area contributed by atoms with Crippen LogP contribution < -0.4 is 10.4 Å². The highest BCUT2D eigenvalue weighted by Gasteiger charge is 2.12.